The molecule has 1 atom stereocenters. The molecule has 0 saturated carbocycles. The normalized spacial score (nSPS) is 16.6. The third-order valence-corrected chi connectivity index (χ3v) is 6.22. The highest BCUT2D eigenvalue weighted by molar-refractivity contribution is 7.16. The van der Waals surface area contributed by atoms with Crippen LogP contribution < -0.4 is 5.32 Å². The highest BCUT2D eigenvalue weighted by Crippen LogP contribution is 2.32. The Morgan fingerprint density at radius 3 is 3.08 bits per heavy atom. The maximum absolute atomic E-state index is 12.3. The second-order valence-corrected chi connectivity index (χ2v) is 8.46. The predicted octanol–water partition coefficient (Wildman–Crippen LogP) is 4.47. The Labute approximate surface area is 154 Å². The Morgan fingerprint density at radius 1 is 1.40 bits per heavy atom. The van der Waals surface area contributed by atoms with Gasteiger partial charge in [-0.3, -0.25) is 4.79 Å². The second kappa shape index (κ2) is 6.72. The molecule has 1 aliphatic rings. The zero-order valence-corrected chi connectivity index (χ0v) is 15.8. The Morgan fingerprint density at radius 2 is 2.28 bits per heavy atom. The van der Waals surface area contributed by atoms with Crippen LogP contribution in [-0.2, 0) is 24.1 Å². The minimum atomic E-state index is -0.0772. The van der Waals surface area contributed by atoms with Crippen LogP contribution in [0, 0.1) is 12.8 Å². The molecule has 3 aromatic heterocycles. The number of nitrogens with zero attached hydrogens (tertiary/aromatic N) is 2. The van der Waals surface area contributed by atoms with Crippen molar-refractivity contribution in [1.29, 1.82) is 0 Å². The molecule has 0 saturated heterocycles. The van der Waals surface area contributed by atoms with Gasteiger partial charge < -0.3 is 9.73 Å². The summed E-state index contributed by atoms with van der Waals surface area (Å²) in [6, 6.07) is 3.81. The molecule has 1 N–H and O–H groups in total. The van der Waals surface area contributed by atoms with E-state index in [0.717, 1.165) is 40.8 Å². The van der Waals surface area contributed by atoms with Crippen LogP contribution in [0.1, 0.15) is 35.4 Å². The first-order valence-electron chi connectivity index (χ1n) is 8.36. The van der Waals surface area contributed by atoms with Gasteiger partial charge in [0.15, 0.2) is 15.9 Å². The minimum Gasteiger partial charge on any atom is -0.459 e. The molecule has 0 bridgehead atoms. The van der Waals surface area contributed by atoms with Crippen molar-refractivity contribution in [3.63, 3.8) is 0 Å². The van der Waals surface area contributed by atoms with Crippen molar-refractivity contribution in [2.75, 3.05) is 5.32 Å². The van der Waals surface area contributed by atoms with Gasteiger partial charge in [0.1, 0.15) is 5.76 Å². The fourth-order valence-corrected chi connectivity index (χ4v) is 4.94. The van der Waals surface area contributed by atoms with Crippen molar-refractivity contribution in [3.8, 4) is 10.8 Å². The van der Waals surface area contributed by atoms with Gasteiger partial charge in [-0.25, -0.2) is 9.97 Å². The first-order valence-corrected chi connectivity index (χ1v) is 10.1. The number of hydrogen-bond acceptors (Lipinski definition) is 6. The molecule has 5 nitrogen and oxygen atoms in total. The number of carbonyl (C=O) groups excluding carboxylic acids is 1. The predicted molar refractivity (Wildman–Crippen MR) is 100 cm³/mol. The molecule has 1 aliphatic carbocycles. The van der Waals surface area contributed by atoms with E-state index in [0.29, 0.717) is 11.0 Å². The Kier molecular flexibility index (Phi) is 4.43. The van der Waals surface area contributed by atoms with Gasteiger partial charge in [0, 0.05) is 10.3 Å². The van der Waals surface area contributed by atoms with Crippen LogP contribution in [-0.4, -0.2) is 15.9 Å². The second-order valence-electron chi connectivity index (χ2n) is 6.52. The number of aryl methyl sites for hydroxylation is 2. The number of furan rings is 1. The van der Waals surface area contributed by atoms with Gasteiger partial charge in [-0.05, 0) is 44.2 Å². The first-order chi connectivity index (χ1) is 12.1. The van der Waals surface area contributed by atoms with Crippen molar-refractivity contribution < 1.29 is 9.21 Å². The van der Waals surface area contributed by atoms with Gasteiger partial charge in [-0.2, -0.15) is 0 Å². The molecule has 0 radical (unpaired) electrons. The highest BCUT2D eigenvalue weighted by Gasteiger charge is 2.20. The van der Waals surface area contributed by atoms with Gasteiger partial charge in [-0.1, -0.05) is 6.92 Å². The average molecular weight is 374 g/mol. The van der Waals surface area contributed by atoms with E-state index in [9.17, 15) is 4.79 Å². The molecule has 0 aliphatic heterocycles. The van der Waals surface area contributed by atoms with Crippen LogP contribution in [0.3, 0.4) is 0 Å². The van der Waals surface area contributed by atoms with Gasteiger partial charge in [0.2, 0.25) is 5.91 Å². The number of anilines is 1. The fourth-order valence-electron chi connectivity index (χ4n) is 2.97. The summed E-state index contributed by atoms with van der Waals surface area (Å²) in [5.41, 5.74) is 1.91. The molecule has 4 rings (SSSR count). The molecule has 3 heterocycles. The number of thiazole rings is 2. The molecular weight excluding hydrogens is 354 g/mol. The molecule has 7 heteroatoms. The van der Waals surface area contributed by atoms with Crippen LogP contribution in [0.15, 0.2) is 21.9 Å². The number of aromatic nitrogens is 2. The van der Waals surface area contributed by atoms with Gasteiger partial charge in [-0.15, -0.1) is 22.7 Å². The lowest BCUT2D eigenvalue weighted by molar-refractivity contribution is -0.115. The zero-order valence-electron chi connectivity index (χ0n) is 14.2. The topological polar surface area (TPSA) is 68.0 Å². The lowest BCUT2D eigenvalue weighted by Crippen LogP contribution is -2.14. The summed E-state index contributed by atoms with van der Waals surface area (Å²) in [5, 5.41) is 6.34. The third kappa shape index (κ3) is 3.67. The standard InChI is InChI=1S/C18H19N3O2S2/c1-10-3-5-13-15(7-10)25-18(20-13)21-16(22)8-12-9-24-17(19-12)14-6-4-11(2)23-14/h4,6,9-10H,3,5,7-8H2,1-2H3,(H,20,21,22). The van der Waals surface area contributed by atoms with E-state index in [1.54, 1.807) is 11.3 Å². The molecule has 3 aromatic rings. The number of rotatable bonds is 4. The Bertz CT molecular complexity index is 909. The maximum Gasteiger partial charge on any atom is 0.232 e. The lowest BCUT2D eigenvalue weighted by atomic mass is 9.93. The van der Waals surface area contributed by atoms with Crippen LogP contribution in [0.2, 0.25) is 0 Å². The van der Waals surface area contributed by atoms with Crippen molar-refractivity contribution in [3.05, 3.63) is 39.5 Å². The van der Waals surface area contributed by atoms with Crippen LogP contribution in [0.5, 0.6) is 0 Å². The van der Waals surface area contributed by atoms with Crippen LogP contribution >= 0.6 is 22.7 Å². The first kappa shape index (κ1) is 16.5. The molecule has 0 aromatic carbocycles. The molecular formula is C18H19N3O2S2. The number of amides is 1. The summed E-state index contributed by atoms with van der Waals surface area (Å²) in [6.45, 7) is 4.17. The number of carbonyl (C=O) groups is 1. The molecule has 0 spiro atoms. The zero-order chi connectivity index (χ0) is 17.4. The summed E-state index contributed by atoms with van der Waals surface area (Å²) >= 11 is 3.10. The van der Waals surface area contributed by atoms with E-state index in [1.807, 2.05) is 24.4 Å². The summed E-state index contributed by atoms with van der Waals surface area (Å²) in [5.74, 6) is 2.23. The van der Waals surface area contributed by atoms with E-state index >= 15 is 0 Å². The van der Waals surface area contributed by atoms with E-state index in [-0.39, 0.29) is 12.3 Å². The SMILES string of the molecule is Cc1ccc(-c2nc(CC(=O)Nc3nc4c(s3)CC(C)CC4)cs2)o1. The smallest absolute Gasteiger partial charge is 0.232 e. The molecule has 1 amide bonds. The molecule has 1 unspecified atom stereocenters. The maximum atomic E-state index is 12.3. The van der Waals surface area contributed by atoms with Crippen LogP contribution in [0.4, 0.5) is 5.13 Å². The average Bonchev–Trinajstić information content (AvgIpc) is 3.26. The summed E-state index contributed by atoms with van der Waals surface area (Å²) in [6.07, 6.45) is 3.51. The number of nitrogens with one attached hydrogen (secondary N) is 1. The van der Waals surface area contributed by atoms with E-state index in [2.05, 4.69) is 22.2 Å². The Hall–Kier alpha value is -1.99. The molecule has 0 fully saturated rings. The summed E-state index contributed by atoms with van der Waals surface area (Å²) in [7, 11) is 0. The van der Waals surface area contributed by atoms with Gasteiger partial charge in [0.05, 0.1) is 17.8 Å². The minimum absolute atomic E-state index is 0.0772. The van der Waals surface area contributed by atoms with Crippen molar-refractivity contribution in [1.82, 2.24) is 9.97 Å². The summed E-state index contributed by atoms with van der Waals surface area (Å²) in [4.78, 5) is 22.7. The van der Waals surface area contributed by atoms with Crippen molar-refractivity contribution in [2.45, 2.75) is 39.5 Å². The number of fused-ring (bicyclic) bond motifs is 1. The Balaban J connectivity index is 1.40. The monoisotopic (exact) mass is 373 g/mol. The van der Waals surface area contributed by atoms with Gasteiger partial charge >= 0.3 is 0 Å². The molecule has 25 heavy (non-hydrogen) atoms. The van der Waals surface area contributed by atoms with Gasteiger partial charge in [0.25, 0.3) is 0 Å². The van der Waals surface area contributed by atoms with E-state index in [4.69, 9.17) is 4.42 Å². The van der Waals surface area contributed by atoms with Crippen LogP contribution in [0.25, 0.3) is 10.8 Å². The third-order valence-electron chi connectivity index (χ3n) is 4.28. The number of hydrogen-bond donors (Lipinski definition) is 1. The van der Waals surface area contributed by atoms with Crippen molar-refractivity contribution >= 4 is 33.7 Å². The van der Waals surface area contributed by atoms with Crippen molar-refractivity contribution in [2.24, 2.45) is 5.92 Å². The lowest BCUT2D eigenvalue weighted by Gasteiger charge is -2.15. The van der Waals surface area contributed by atoms with E-state index in [1.165, 1.54) is 22.6 Å². The van der Waals surface area contributed by atoms with E-state index < -0.39 is 0 Å². The highest BCUT2D eigenvalue weighted by atomic mass is 32.1. The fraction of sp³-hybridized carbons (Fsp3) is 0.389. The summed E-state index contributed by atoms with van der Waals surface area (Å²) < 4.78 is 5.58. The quantitative estimate of drug-likeness (QED) is 0.732. The molecule has 130 valence electrons. The largest absolute Gasteiger partial charge is 0.459 e.